The summed E-state index contributed by atoms with van der Waals surface area (Å²) < 4.78 is 0. The van der Waals surface area contributed by atoms with Crippen molar-refractivity contribution in [3.8, 4) is 28.3 Å². The minimum absolute atomic E-state index is 0.0455. The highest BCUT2D eigenvalue weighted by Crippen LogP contribution is 2.34. The third-order valence-corrected chi connectivity index (χ3v) is 6.47. The Morgan fingerprint density at radius 2 is 1.26 bits per heavy atom. The Balaban J connectivity index is 1.39. The van der Waals surface area contributed by atoms with Gasteiger partial charge in [0.2, 0.25) is 0 Å². The average molecular weight is 435 g/mol. The Kier molecular flexibility index (Phi) is 4.82. The number of benzene rings is 5. The van der Waals surface area contributed by atoms with Crippen molar-refractivity contribution in [1.82, 2.24) is 0 Å². The van der Waals surface area contributed by atoms with Crippen LogP contribution in [0.5, 0.6) is 0 Å². The zero-order chi connectivity index (χ0) is 23.1. The number of hydrogen-bond donors (Lipinski definition) is 2. The van der Waals surface area contributed by atoms with Gasteiger partial charge >= 0.3 is 6.98 Å². The summed E-state index contributed by atoms with van der Waals surface area (Å²) >= 11 is 0. The van der Waals surface area contributed by atoms with Gasteiger partial charge in [0, 0.05) is 16.8 Å². The van der Waals surface area contributed by atoms with E-state index in [1.165, 1.54) is 16.3 Å². The van der Waals surface area contributed by atoms with Gasteiger partial charge in [0.1, 0.15) is 0 Å². The molecule has 0 bridgehead atoms. The molecule has 160 valence electrons. The van der Waals surface area contributed by atoms with Crippen LogP contribution in [0.4, 0.5) is 11.4 Å². The van der Waals surface area contributed by atoms with Gasteiger partial charge in [0.25, 0.3) is 0 Å². The number of anilines is 2. The maximum atomic E-state index is 9.69. The number of aryl methyl sites for hydroxylation is 1. The van der Waals surface area contributed by atoms with E-state index in [0.717, 1.165) is 39.1 Å². The molecular weight excluding hydrogens is 413 g/mol. The fourth-order valence-corrected chi connectivity index (χ4v) is 4.84. The van der Waals surface area contributed by atoms with E-state index >= 15 is 0 Å². The summed E-state index contributed by atoms with van der Waals surface area (Å²) in [5.74, 6) is 0. The Hall–Kier alpha value is -4.49. The molecule has 0 spiro atoms. The largest absolute Gasteiger partial charge is 0.406 e. The van der Waals surface area contributed by atoms with Gasteiger partial charge in [0.05, 0.1) is 11.6 Å². The molecule has 0 saturated carbocycles. The zero-order valence-electron chi connectivity index (χ0n) is 18.8. The second-order valence-corrected chi connectivity index (χ2v) is 8.84. The molecule has 0 fully saturated rings. The molecule has 0 radical (unpaired) electrons. The first kappa shape index (κ1) is 20.1. The van der Waals surface area contributed by atoms with Crippen LogP contribution in [0.15, 0.2) is 103 Å². The average Bonchev–Trinajstić information content (AvgIpc) is 2.89. The van der Waals surface area contributed by atoms with E-state index in [9.17, 15) is 5.26 Å². The molecule has 3 nitrogen and oxygen atoms in total. The molecule has 5 aromatic rings. The maximum absolute atomic E-state index is 9.69. The predicted molar refractivity (Wildman–Crippen MR) is 143 cm³/mol. The molecule has 0 saturated heterocycles. The van der Waals surface area contributed by atoms with Crippen molar-refractivity contribution in [2.75, 3.05) is 10.5 Å². The van der Waals surface area contributed by atoms with Gasteiger partial charge in [-0.3, -0.25) is 0 Å². The highest BCUT2D eigenvalue weighted by molar-refractivity contribution is 6.80. The van der Waals surface area contributed by atoms with Crippen molar-refractivity contribution >= 4 is 34.6 Å². The molecule has 0 atom stereocenters. The Morgan fingerprint density at radius 1 is 0.647 bits per heavy atom. The smallest absolute Gasteiger partial charge is 0.405 e. The lowest BCUT2D eigenvalue weighted by Gasteiger charge is -2.27. The number of hydrogen-bond acceptors (Lipinski definition) is 3. The first-order valence-corrected chi connectivity index (χ1v) is 11.5. The highest BCUT2D eigenvalue weighted by atomic mass is 15.0. The predicted octanol–water partition coefficient (Wildman–Crippen LogP) is 6.59. The van der Waals surface area contributed by atoms with Crippen LogP contribution in [0.1, 0.15) is 11.1 Å². The maximum Gasteiger partial charge on any atom is 0.406 e. The molecule has 1 aliphatic heterocycles. The summed E-state index contributed by atoms with van der Waals surface area (Å²) in [6, 6.07) is 38.1. The second kappa shape index (κ2) is 8.13. The van der Waals surface area contributed by atoms with Crippen LogP contribution in [-0.4, -0.2) is 6.98 Å². The number of nitriles is 1. The normalized spacial score (nSPS) is 12.1. The summed E-state index contributed by atoms with van der Waals surface area (Å²) in [5, 5.41) is 19.5. The van der Waals surface area contributed by atoms with Gasteiger partial charge in [0.15, 0.2) is 0 Å². The fraction of sp³-hybridized carbons (Fsp3) is 0.0333. The van der Waals surface area contributed by atoms with E-state index in [4.69, 9.17) is 0 Å². The molecule has 6 rings (SSSR count). The van der Waals surface area contributed by atoms with E-state index in [-0.39, 0.29) is 6.98 Å². The molecule has 1 heterocycles. The van der Waals surface area contributed by atoms with Gasteiger partial charge in [-0.2, -0.15) is 5.26 Å². The molecule has 4 heteroatoms. The molecule has 0 aromatic heterocycles. The summed E-state index contributed by atoms with van der Waals surface area (Å²) in [6.45, 7) is 2.04. The molecular formula is C30H22BN3. The van der Waals surface area contributed by atoms with Crippen molar-refractivity contribution in [3.63, 3.8) is 0 Å². The molecule has 0 aliphatic carbocycles. The quantitative estimate of drug-likeness (QED) is 0.315. The third-order valence-electron chi connectivity index (χ3n) is 6.47. The number of nitrogens with one attached hydrogen (secondary N) is 2. The van der Waals surface area contributed by atoms with E-state index in [1.54, 1.807) is 0 Å². The first-order valence-electron chi connectivity index (χ1n) is 11.5. The summed E-state index contributed by atoms with van der Waals surface area (Å²) in [4.78, 5) is 0. The van der Waals surface area contributed by atoms with Crippen LogP contribution >= 0.6 is 0 Å². The van der Waals surface area contributed by atoms with Gasteiger partial charge in [-0.05, 0) is 70.4 Å². The van der Waals surface area contributed by atoms with E-state index in [0.29, 0.717) is 5.56 Å². The van der Waals surface area contributed by atoms with Gasteiger partial charge < -0.3 is 10.5 Å². The fourth-order valence-electron chi connectivity index (χ4n) is 4.84. The van der Waals surface area contributed by atoms with Gasteiger partial charge in [-0.1, -0.05) is 78.4 Å². The summed E-state index contributed by atoms with van der Waals surface area (Å²) in [7, 11) is 0. The number of rotatable bonds is 3. The van der Waals surface area contributed by atoms with Gasteiger partial charge in [-0.15, -0.1) is 0 Å². The molecule has 34 heavy (non-hydrogen) atoms. The van der Waals surface area contributed by atoms with Crippen LogP contribution in [0.3, 0.4) is 0 Å². The lowest BCUT2D eigenvalue weighted by atomic mass is 9.65. The Bertz CT molecular complexity index is 1560. The standard InChI is InChI=1S/C30H22BN3/c1-20-6-2-9-23(14-20)25-15-21(19-32)16-26(17-25)24-10-3-11-27(18-24)31-33-28-12-4-7-22-8-5-13-29(34-31)30(22)28/h2-18,33-34H,1H3. The van der Waals surface area contributed by atoms with Crippen LogP contribution in [0.2, 0.25) is 0 Å². The van der Waals surface area contributed by atoms with E-state index < -0.39 is 0 Å². The lowest BCUT2D eigenvalue weighted by molar-refractivity contribution is 1.45. The molecule has 0 unspecified atom stereocenters. The monoisotopic (exact) mass is 435 g/mol. The minimum Gasteiger partial charge on any atom is -0.405 e. The topological polar surface area (TPSA) is 47.9 Å². The van der Waals surface area contributed by atoms with Crippen molar-refractivity contribution < 1.29 is 0 Å². The van der Waals surface area contributed by atoms with Crippen LogP contribution in [-0.2, 0) is 0 Å². The van der Waals surface area contributed by atoms with Crippen molar-refractivity contribution in [3.05, 3.63) is 114 Å². The van der Waals surface area contributed by atoms with Crippen molar-refractivity contribution in [2.45, 2.75) is 6.92 Å². The zero-order valence-corrected chi connectivity index (χ0v) is 18.8. The molecule has 2 N–H and O–H groups in total. The van der Waals surface area contributed by atoms with Crippen LogP contribution in [0, 0.1) is 18.3 Å². The van der Waals surface area contributed by atoms with Crippen LogP contribution < -0.4 is 15.9 Å². The summed E-state index contributed by atoms with van der Waals surface area (Å²) in [6.07, 6.45) is 0. The van der Waals surface area contributed by atoms with Crippen LogP contribution in [0.25, 0.3) is 33.0 Å². The second-order valence-electron chi connectivity index (χ2n) is 8.84. The van der Waals surface area contributed by atoms with E-state index in [2.05, 4.69) is 114 Å². The minimum atomic E-state index is -0.0455. The molecule has 1 aliphatic rings. The SMILES string of the molecule is Cc1cccc(-c2cc(C#N)cc(-c3cccc(B4Nc5cccc6cccc(c56)N4)c3)c2)c1. The first-order chi connectivity index (χ1) is 16.7. The molecule has 5 aromatic carbocycles. The number of nitrogens with zero attached hydrogens (tertiary/aromatic N) is 1. The lowest BCUT2D eigenvalue weighted by Crippen LogP contribution is -2.47. The summed E-state index contributed by atoms with van der Waals surface area (Å²) in [5.41, 5.74) is 9.57. The van der Waals surface area contributed by atoms with Crippen molar-refractivity contribution in [2.24, 2.45) is 0 Å². The third kappa shape index (κ3) is 3.58. The molecule has 0 amide bonds. The Labute approximate surface area is 199 Å². The van der Waals surface area contributed by atoms with Gasteiger partial charge in [-0.25, -0.2) is 0 Å². The Morgan fingerprint density at radius 3 is 1.91 bits per heavy atom. The van der Waals surface area contributed by atoms with E-state index in [1.807, 2.05) is 12.1 Å². The highest BCUT2D eigenvalue weighted by Gasteiger charge is 2.25. The van der Waals surface area contributed by atoms with Crippen molar-refractivity contribution in [1.29, 1.82) is 5.26 Å².